The number of amides is 3. The van der Waals surface area contributed by atoms with E-state index in [-0.39, 0.29) is 30.2 Å². The van der Waals surface area contributed by atoms with E-state index in [0.29, 0.717) is 24.3 Å². The van der Waals surface area contributed by atoms with Gasteiger partial charge in [-0.25, -0.2) is 4.79 Å². The monoisotopic (exact) mass is 417 g/mol. The number of imide groups is 1. The van der Waals surface area contributed by atoms with Gasteiger partial charge in [0, 0.05) is 17.7 Å². The maximum atomic E-state index is 13.4. The van der Waals surface area contributed by atoms with Crippen LogP contribution in [0.5, 0.6) is 5.75 Å². The van der Waals surface area contributed by atoms with Gasteiger partial charge in [-0.05, 0) is 18.2 Å². The Bertz CT molecular complexity index is 1170. The molecule has 156 valence electrons. The van der Waals surface area contributed by atoms with Crippen molar-refractivity contribution in [3.8, 4) is 5.75 Å². The van der Waals surface area contributed by atoms with Crippen molar-refractivity contribution in [3.05, 3.63) is 66.0 Å². The summed E-state index contributed by atoms with van der Waals surface area (Å²) in [4.78, 5) is 39.8. The number of anilines is 3. The van der Waals surface area contributed by atoms with Crippen molar-refractivity contribution >= 4 is 29.5 Å². The van der Waals surface area contributed by atoms with E-state index in [9.17, 15) is 9.59 Å². The van der Waals surface area contributed by atoms with Crippen molar-refractivity contribution in [2.24, 2.45) is 0 Å². The standard InChI is InChI=1S/C21H19N7O3/c22-18-24-16(25-19(26-18)23-13-6-2-1-3-7-13)12-28-17(29)21(27-20(28)30)10-11-31-15-9-5-4-8-14(15)21/h1-9H,10-12H2,(H,27,30)(H3,22,23,24,25,26)/t21-/m1/s1. The van der Waals surface area contributed by atoms with Gasteiger partial charge in [-0.15, -0.1) is 0 Å². The van der Waals surface area contributed by atoms with Crippen LogP contribution in [-0.4, -0.2) is 38.4 Å². The topological polar surface area (TPSA) is 135 Å². The fraction of sp³-hybridized carbons (Fsp3) is 0.190. The van der Waals surface area contributed by atoms with Crippen molar-refractivity contribution in [1.29, 1.82) is 0 Å². The molecule has 1 spiro atoms. The van der Waals surface area contributed by atoms with Crippen LogP contribution in [0.15, 0.2) is 54.6 Å². The van der Waals surface area contributed by atoms with Gasteiger partial charge < -0.3 is 21.1 Å². The zero-order chi connectivity index (χ0) is 21.4. The number of hydrogen-bond donors (Lipinski definition) is 3. The van der Waals surface area contributed by atoms with Gasteiger partial charge in [-0.2, -0.15) is 15.0 Å². The second-order valence-corrected chi connectivity index (χ2v) is 7.25. The first-order chi connectivity index (χ1) is 15.0. The second-order valence-electron chi connectivity index (χ2n) is 7.25. The number of carbonyl (C=O) groups is 2. The number of urea groups is 1. The van der Waals surface area contributed by atoms with Gasteiger partial charge in [-0.1, -0.05) is 36.4 Å². The molecule has 1 fully saturated rings. The molecular weight excluding hydrogens is 398 g/mol. The fourth-order valence-electron chi connectivity index (χ4n) is 3.87. The molecule has 0 radical (unpaired) electrons. The zero-order valence-corrected chi connectivity index (χ0v) is 16.4. The van der Waals surface area contributed by atoms with Gasteiger partial charge in [0.05, 0.1) is 13.2 Å². The SMILES string of the molecule is Nc1nc(CN2C(=O)N[C@@]3(CCOc4ccccc43)C2=O)nc(Nc2ccccc2)n1. The van der Waals surface area contributed by atoms with E-state index in [4.69, 9.17) is 10.5 Å². The first-order valence-corrected chi connectivity index (χ1v) is 9.74. The number of fused-ring (bicyclic) bond motifs is 2. The lowest BCUT2D eigenvalue weighted by Crippen LogP contribution is -2.47. The van der Waals surface area contributed by atoms with Gasteiger partial charge in [0.25, 0.3) is 5.91 Å². The van der Waals surface area contributed by atoms with Gasteiger partial charge in [0.15, 0.2) is 11.4 Å². The predicted molar refractivity (Wildman–Crippen MR) is 111 cm³/mol. The Morgan fingerprint density at radius 2 is 1.84 bits per heavy atom. The number of hydrogen-bond acceptors (Lipinski definition) is 8. The normalized spacial score (nSPS) is 19.7. The number of nitrogens with zero attached hydrogens (tertiary/aromatic N) is 4. The third kappa shape index (κ3) is 3.27. The molecule has 0 aliphatic carbocycles. The molecule has 1 saturated heterocycles. The Kier molecular flexibility index (Phi) is 4.39. The molecule has 0 unspecified atom stereocenters. The van der Waals surface area contributed by atoms with Crippen LogP contribution in [0.4, 0.5) is 22.4 Å². The highest BCUT2D eigenvalue weighted by Gasteiger charge is 2.54. The lowest BCUT2D eigenvalue weighted by Gasteiger charge is -2.33. The summed E-state index contributed by atoms with van der Waals surface area (Å²) in [6.45, 7) is 0.187. The molecule has 2 aliphatic heterocycles. The molecular formula is C21H19N7O3. The molecule has 10 heteroatoms. The summed E-state index contributed by atoms with van der Waals surface area (Å²) in [5.74, 6) is 0.633. The third-order valence-corrected chi connectivity index (χ3v) is 5.29. The molecule has 1 atom stereocenters. The minimum atomic E-state index is -1.16. The van der Waals surface area contributed by atoms with Crippen LogP contribution < -0.4 is 21.1 Å². The average Bonchev–Trinajstić information content (AvgIpc) is 2.99. The number of rotatable bonds is 4. The Morgan fingerprint density at radius 1 is 1.06 bits per heavy atom. The molecule has 0 saturated carbocycles. The molecule has 10 nitrogen and oxygen atoms in total. The Morgan fingerprint density at radius 3 is 2.68 bits per heavy atom. The van der Waals surface area contributed by atoms with Crippen LogP contribution >= 0.6 is 0 Å². The smallest absolute Gasteiger partial charge is 0.325 e. The van der Waals surface area contributed by atoms with E-state index in [0.717, 1.165) is 10.6 Å². The number of carbonyl (C=O) groups excluding carboxylic acids is 2. The lowest BCUT2D eigenvalue weighted by atomic mass is 9.84. The highest BCUT2D eigenvalue weighted by atomic mass is 16.5. The molecule has 3 amide bonds. The summed E-state index contributed by atoms with van der Waals surface area (Å²) in [5, 5.41) is 5.89. The molecule has 2 aromatic carbocycles. The van der Waals surface area contributed by atoms with E-state index in [1.54, 1.807) is 12.1 Å². The summed E-state index contributed by atoms with van der Waals surface area (Å²) >= 11 is 0. The molecule has 4 N–H and O–H groups in total. The number of nitrogens with two attached hydrogens (primary N) is 1. The summed E-state index contributed by atoms with van der Waals surface area (Å²) in [6, 6.07) is 16.0. The van der Waals surface area contributed by atoms with Crippen molar-refractivity contribution in [3.63, 3.8) is 0 Å². The lowest BCUT2D eigenvalue weighted by molar-refractivity contribution is -0.133. The maximum Gasteiger partial charge on any atom is 0.325 e. The molecule has 3 aromatic rings. The second kappa shape index (κ2) is 7.24. The van der Waals surface area contributed by atoms with Crippen LogP contribution in [0.1, 0.15) is 17.8 Å². The van der Waals surface area contributed by atoms with E-state index in [2.05, 4.69) is 25.6 Å². The van der Waals surface area contributed by atoms with Gasteiger partial charge in [0.2, 0.25) is 11.9 Å². The molecule has 1 aromatic heterocycles. The van der Waals surface area contributed by atoms with Crippen LogP contribution in [-0.2, 0) is 16.9 Å². The number of nitrogen functional groups attached to an aromatic ring is 1. The number of aromatic nitrogens is 3. The average molecular weight is 417 g/mol. The van der Waals surface area contributed by atoms with Crippen LogP contribution in [0.3, 0.4) is 0 Å². The maximum absolute atomic E-state index is 13.4. The van der Waals surface area contributed by atoms with Crippen LogP contribution in [0.25, 0.3) is 0 Å². The van der Waals surface area contributed by atoms with E-state index in [1.165, 1.54) is 0 Å². The number of para-hydroxylation sites is 2. The van der Waals surface area contributed by atoms with Gasteiger partial charge in [0.1, 0.15) is 5.75 Å². The first kappa shape index (κ1) is 18.8. The van der Waals surface area contributed by atoms with Crippen molar-refractivity contribution < 1.29 is 14.3 Å². The van der Waals surface area contributed by atoms with Crippen LogP contribution in [0, 0.1) is 0 Å². The highest BCUT2D eigenvalue weighted by Crippen LogP contribution is 2.41. The summed E-state index contributed by atoms with van der Waals surface area (Å²) in [5.41, 5.74) is 6.09. The van der Waals surface area contributed by atoms with Crippen molar-refractivity contribution in [2.75, 3.05) is 17.7 Å². The van der Waals surface area contributed by atoms with E-state index >= 15 is 0 Å². The zero-order valence-electron chi connectivity index (χ0n) is 16.4. The van der Waals surface area contributed by atoms with Gasteiger partial charge >= 0.3 is 6.03 Å². The Labute approximate surface area is 177 Å². The molecule has 0 bridgehead atoms. The molecule has 31 heavy (non-hydrogen) atoms. The van der Waals surface area contributed by atoms with E-state index in [1.807, 2.05) is 42.5 Å². The van der Waals surface area contributed by atoms with Crippen LogP contribution in [0.2, 0.25) is 0 Å². The third-order valence-electron chi connectivity index (χ3n) is 5.29. The number of benzene rings is 2. The van der Waals surface area contributed by atoms with Crippen molar-refractivity contribution in [1.82, 2.24) is 25.2 Å². The molecule has 3 heterocycles. The summed E-state index contributed by atoms with van der Waals surface area (Å²) < 4.78 is 5.66. The van der Waals surface area contributed by atoms with Gasteiger partial charge in [-0.3, -0.25) is 9.69 Å². The summed E-state index contributed by atoms with van der Waals surface area (Å²) in [6.07, 6.45) is 0.339. The Balaban J connectivity index is 1.42. The minimum absolute atomic E-state index is 0.0124. The fourth-order valence-corrected chi connectivity index (χ4v) is 3.87. The first-order valence-electron chi connectivity index (χ1n) is 9.74. The molecule has 2 aliphatic rings. The number of nitrogens with one attached hydrogen (secondary N) is 2. The Hall–Kier alpha value is -4.21. The van der Waals surface area contributed by atoms with E-state index < -0.39 is 11.6 Å². The predicted octanol–water partition coefficient (Wildman–Crippen LogP) is 1.93. The summed E-state index contributed by atoms with van der Waals surface area (Å²) in [7, 11) is 0. The molecule has 5 rings (SSSR count). The minimum Gasteiger partial charge on any atom is -0.493 e. The quantitative estimate of drug-likeness (QED) is 0.548. The largest absolute Gasteiger partial charge is 0.493 e. The van der Waals surface area contributed by atoms with Crippen molar-refractivity contribution in [2.45, 2.75) is 18.5 Å². The number of ether oxygens (including phenoxy) is 1. The highest BCUT2D eigenvalue weighted by molar-refractivity contribution is 6.07.